The molecule has 0 unspecified atom stereocenters. The van der Waals surface area contributed by atoms with Crippen molar-refractivity contribution in [1.82, 2.24) is 0 Å². The number of esters is 1. The highest BCUT2D eigenvalue weighted by molar-refractivity contribution is 5.75. The number of nitrogens with two attached hydrogens (primary N) is 1. The molecule has 2 N–H and O–H groups in total. The van der Waals surface area contributed by atoms with E-state index in [0.717, 1.165) is 12.1 Å². The minimum Gasteiger partial charge on any atom is -0.466 e. The van der Waals surface area contributed by atoms with Crippen LogP contribution in [-0.4, -0.2) is 17.5 Å². The Morgan fingerprint density at radius 3 is 2.76 bits per heavy atom. The predicted molar refractivity (Wildman–Crippen MR) is 57.8 cm³/mol. The molecule has 0 amide bonds. The summed E-state index contributed by atoms with van der Waals surface area (Å²) in [7, 11) is 0. The fraction of sp³-hybridized carbons (Fsp3) is 0.300. The van der Waals surface area contributed by atoms with Gasteiger partial charge in [0, 0.05) is 6.07 Å². The van der Waals surface area contributed by atoms with Gasteiger partial charge in [-0.15, -0.1) is 0 Å². The summed E-state index contributed by atoms with van der Waals surface area (Å²) in [6.07, 6.45) is -0.513. The minimum atomic E-state index is -0.952. The molecule has 0 atom stereocenters. The average molecular weight is 242 g/mol. The molecule has 0 saturated carbocycles. The van der Waals surface area contributed by atoms with Gasteiger partial charge in [0.2, 0.25) is 0 Å². The van der Waals surface area contributed by atoms with Crippen molar-refractivity contribution in [2.24, 2.45) is 0 Å². The predicted octanol–water partition coefficient (Wildman–Crippen LogP) is 1.42. The van der Waals surface area contributed by atoms with Crippen LogP contribution in [0.25, 0.3) is 0 Å². The van der Waals surface area contributed by atoms with Crippen LogP contribution in [0.4, 0.5) is 15.8 Å². The molecule has 0 aliphatic carbocycles. The standard InChI is InChI=1S/C10H11FN2O4/c1-2-17-9(14)5-6-8(13(15)16)4-3-7(12)10(6)11/h3-4H,2,5,12H2,1H3. The number of nitro groups is 1. The molecule has 0 aliphatic rings. The van der Waals surface area contributed by atoms with Gasteiger partial charge in [-0.2, -0.15) is 0 Å². The third-order valence-corrected chi connectivity index (χ3v) is 2.07. The second-order valence-corrected chi connectivity index (χ2v) is 3.21. The van der Waals surface area contributed by atoms with Crippen molar-refractivity contribution in [3.05, 3.63) is 33.6 Å². The number of nitrogen functional groups attached to an aromatic ring is 1. The van der Waals surface area contributed by atoms with E-state index in [4.69, 9.17) is 5.73 Å². The molecule has 6 nitrogen and oxygen atoms in total. The summed E-state index contributed by atoms with van der Waals surface area (Å²) in [5, 5.41) is 10.7. The lowest BCUT2D eigenvalue weighted by molar-refractivity contribution is -0.385. The fourth-order valence-electron chi connectivity index (χ4n) is 1.32. The average Bonchev–Trinajstić information content (AvgIpc) is 2.25. The van der Waals surface area contributed by atoms with Crippen LogP contribution >= 0.6 is 0 Å². The van der Waals surface area contributed by atoms with Gasteiger partial charge in [-0.25, -0.2) is 4.39 Å². The zero-order valence-electron chi connectivity index (χ0n) is 9.10. The number of benzene rings is 1. The van der Waals surface area contributed by atoms with Gasteiger partial charge in [0.1, 0.15) is 0 Å². The van der Waals surface area contributed by atoms with Crippen molar-refractivity contribution in [3.63, 3.8) is 0 Å². The van der Waals surface area contributed by atoms with Crippen molar-refractivity contribution < 1.29 is 18.8 Å². The second-order valence-electron chi connectivity index (χ2n) is 3.21. The number of carbonyl (C=O) groups excluding carboxylic acids is 1. The number of rotatable bonds is 4. The van der Waals surface area contributed by atoms with Crippen molar-refractivity contribution in [2.45, 2.75) is 13.3 Å². The molecular formula is C10H11FN2O4. The van der Waals surface area contributed by atoms with Crippen LogP contribution in [0.1, 0.15) is 12.5 Å². The molecule has 92 valence electrons. The summed E-state index contributed by atoms with van der Waals surface area (Å²) in [6.45, 7) is 1.71. The SMILES string of the molecule is CCOC(=O)Cc1c([N+](=O)[O-])ccc(N)c1F. The molecule has 0 saturated heterocycles. The van der Waals surface area contributed by atoms with Crippen molar-refractivity contribution in [1.29, 1.82) is 0 Å². The fourth-order valence-corrected chi connectivity index (χ4v) is 1.32. The van der Waals surface area contributed by atoms with Gasteiger partial charge in [0.05, 0.1) is 29.2 Å². The van der Waals surface area contributed by atoms with E-state index in [9.17, 15) is 19.3 Å². The Kier molecular flexibility index (Phi) is 3.97. The van der Waals surface area contributed by atoms with Gasteiger partial charge < -0.3 is 10.5 Å². The summed E-state index contributed by atoms with van der Waals surface area (Å²) in [4.78, 5) is 21.1. The molecule has 0 bridgehead atoms. The van der Waals surface area contributed by atoms with Gasteiger partial charge in [-0.1, -0.05) is 0 Å². The molecule has 0 aromatic heterocycles. The third kappa shape index (κ3) is 2.90. The number of nitrogens with zero attached hydrogens (tertiary/aromatic N) is 1. The number of ether oxygens (including phenoxy) is 1. The monoisotopic (exact) mass is 242 g/mol. The first kappa shape index (κ1) is 12.9. The van der Waals surface area contributed by atoms with Crippen LogP contribution < -0.4 is 5.73 Å². The normalized spacial score (nSPS) is 10.0. The van der Waals surface area contributed by atoms with Crippen LogP contribution in [0.2, 0.25) is 0 Å². The van der Waals surface area contributed by atoms with Gasteiger partial charge in [0.15, 0.2) is 5.82 Å². The molecule has 0 heterocycles. The summed E-state index contributed by atoms with van der Waals surface area (Å²) < 4.78 is 18.2. The van der Waals surface area contributed by atoms with E-state index >= 15 is 0 Å². The zero-order valence-corrected chi connectivity index (χ0v) is 9.10. The first-order chi connectivity index (χ1) is 7.97. The molecule has 1 aromatic rings. The van der Waals surface area contributed by atoms with Crippen molar-refractivity contribution in [2.75, 3.05) is 12.3 Å². The number of nitro benzene ring substituents is 1. The molecule has 0 fully saturated rings. The van der Waals surface area contributed by atoms with Gasteiger partial charge >= 0.3 is 5.97 Å². The second kappa shape index (κ2) is 5.24. The highest BCUT2D eigenvalue weighted by atomic mass is 19.1. The first-order valence-corrected chi connectivity index (χ1v) is 4.84. The van der Waals surface area contributed by atoms with Crippen LogP contribution in [-0.2, 0) is 16.0 Å². The zero-order chi connectivity index (χ0) is 13.0. The number of anilines is 1. The highest BCUT2D eigenvalue weighted by Crippen LogP contribution is 2.26. The molecule has 1 rings (SSSR count). The Labute approximate surface area is 96.3 Å². The Hall–Kier alpha value is -2.18. The van der Waals surface area contributed by atoms with Crippen molar-refractivity contribution in [3.8, 4) is 0 Å². The Bertz CT molecular complexity index is 462. The largest absolute Gasteiger partial charge is 0.466 e. The lowest BCUT2D eigenvalue weighted by Gasteiger charge is -2.06. The molecule has 0 radical (unpaired) electrons. The Morgan fingerprint density at radius 1 is 1.59 bits per heavy atom. The van der Waals surface area contributed by atoms with Crippen LogP contribution in [0.3, 0.4) is 0 Å². The minimum absolute atomic E-state index is 0.122. The number of halogens is 1. The maximum atomic E-state index is 13.6. The molecule has 17 heavy (non-hydrogen) atoms. The maximum absolute atomic E-state index is 13.6. The molecule has 7 heteroatoms. The lowest BCUT2D eigenvalue weighted by atomic mass is 10.1. The van der Waals surface area contributed by atoms with Gasteiger partial charge in [0.25, 0.3) is 5.69 Å². The smallest absolute Gasteiger partial charge is 0.310 e. The number of carbonyl (C=O) groups is 1. The van der Waals surface area contributed by atoms with E-state index in [1.165, 1.54) is 0 Å². The van der Waals surface area contributed by atoms with E-state index in [2.05, 4.69) is 4.74 Å². The molecular weight excluding hydrogens is 231 g/mol. The summed E-state index contributed by atoms with van der Waals surface area (Å²) in [5.41, 5.74) is 4.21. The number of hydrogen-bond acceptors (Lipinski definition) is 5. The lowest BCUT2D eigenvalue weighted by Crippen LogP contribution is -2.11. The van der Waals surface area contributed by atoms with Gasteiger partial charge in [-0.3, -0.25) is 14.9 Å². The quantitative estimate of drug-likeness (QED) is 0.373. The Balaban J connectivity index is 3.14. The molecule has 1 aromatic carbocycles. The van der Waals surface area contributed by atoms with E-state index in [1.54, 1.807) is 6.92 Å². The Morgan fingerprint density at radius 2 is 2.24 bits per heavy atom. The summed E-state index contributed by atoms with van der Waals surface area (Å²) in [5.74, 6) is -1.69. The van der Waals surface area contributed by atoms with E-state index in [1.807, 2.05) is 0 Å². The van der Waals surface area contributed by atoms with Gasteiger partial charge in [-0.05, 0) is 13.0 Å². The maximum Gasteiger partial charge on any atom is 0.310 e. The molecule has 0 spiro atoms. The van der Waals surface area contributed by atoms with E-state index < -0.39 is 28.8 Å². The van der Waals surface area contributed by atoms with Crippen molar-refractivity contribution >= 4 is 17.3 Å². The third-order valence-electron chi connectivity index (χ3n) is 2.07. The van der Waals surface area contributed by atoms with E-state index in [-0.39, 0.29) is 17.9 Å². The number of hydrogen-bond donors (Lipinski definition) is 1. The van der Waals surface area contributed by atoms with Crippen LogP contribution in [0.5, 0.6) is 0 Å². The molecule has 0 aliphatic heterocycles. The topological polar surface area (TPSA) is 95.5 Å². The first-order valence-electron chi connectivity index (χ1n) is 4.84. The highest BCUT2D eigenvalue weighted by Gasteiger charge is 2.22. The summed E-state index contributed by atoms with van der Waals surface area (Å²) in [6, 6.07) is 2.15. The van der Waals surface area contributed by atoms with Crippen LogP contribution in [0.15, 0.2) is 12.1 Å². The summed E-state index contributed by atoms with van der Waals surface area (Å²) >= 11 is 0. The van der Waals surface area contributed by atoms with E-state index in [0.29, 0.717) is 0 Å². The van der Waals surface area contributed by atoms with Crippen LogP contribution in [0, 0.1) is 15.9 Å².